The number of rotatable bonds is 3. The molecule has 1 saturated heterocycles. The van der Waals surface area contributed by atoms with E-state index < -0.39 is 0 Å². The topological polar surface area (TPSA) is 15.3 Å². The van der Waals surface area contributed by atoms with Crippen LogP contribution in [0.15, 0.2) is 30.9 Å². The Bertz CT molecular complexity index is 401. The first kappa shape index (κ1) is 18.5. The van der Waals surface area contributed by atoms with Crippen LogP contribution in [0.1, 0.15) is 22.7 Å². The van der Waals surface area contributed by atoms with Crippen molar-refractivity contribution in [3.8, 4) is 0 Å². The van der Waals surface area contributed by atoms with Crippen LogP contribution in [-0.2, 0) is 0 Å². The predicted molar refractivity (Wildman–Crippen MR) is 87.8 cm³/mol. The van der Waals surface area contributed by atoms with Crippen LogP contribution in [0.25, 0.3) is 0 Å². The van der Waals surface area contributed by atoms with Crippen LogP contribution in [0.4, 0.5) is 0 Å². The summed E-state index contributed by atoms with van der Waals surface area (Å²) in [6.07, 6.45) is 2.06. The molecule has 0 radical (unpaired) electrons. The van der Waals surface area contributed by atoms with Gasteiger partial charge < -0.3 is 5.32 Å². The van der Waals surface area contributed by atoms with E-state index in [-0.39, 0.29) is 24.8 Å². The molecule has 108 valence electrons. The van der Waals surface area contributed by atoms with E-state index in [2.05, 4.69) is 54.9 Å². The molecular formula is C15H24Cl2N2. The third-order valence-electron chi connectivity index (χ3n) is 3.64. The summed E-state index contributed by atoms with van der Waals surface area (Å²) in [5.41, 5.74) is 4.09. The molecule has 1 N–H and O–H groups in total. The molecule has 0 aromatic heterocycles. The van der Waals surface area contributed by atoms with E-state index in [0.29, 0.717) is 6.04 Å². The Hall–Kier alpha value is -0.540. The van der Waals surface area contributed by atoms with Crippen LogP contribution >= 0.6 is 24.8 Å². The van der Waals surface area contributed by atoms with E-state index in [4.69, 9.17) is 0 Å². The van der Waals surface area contributed by atoms with Gasteiger partial charge in [-0.2, -0.15) is 0 Å². The van der Waals surface area contributed by atoms with Crippen molar-refractivity contribution in [1.29, 1.82) is 0 Å². The second-order valence-electron chi connectivity index (χ2n) is 4.81. The second kappa shape index (κ2) is 8.60. The third kappa shape index (κ3) is 4.50. The van der Waals surface area contributed by atoms with Crippen LogP contribution in [-0.4, -0.2) is 31.1 Å². The van der Waals surface area contributed by atoms with Crippen molar-refractivity contribution >= 4 is 24.8 Å². The van der Waals surface area contributed by atoms with E-state index >= 15 is 0 Å². The molecule has 19 heavy (non-hydrogen) atoms. The van der Waals surface area contributed by atoms with E-state index in [1.54, 1.807) is 0 Å². The molecule has 4 heteroatoms. The lowest BCUT2D eigenvalue weighted by atomic mass is 9.99. The first-order valence-electron chi connectivity index (χ1n) is 6.37. The Balaban J connectivity index is 0.00000162. The van der Waals surface area contributed by atoms with Crippen molar-refractivity contribution in [3.05, 3.63) is 47.5 Å². The smallest absolute Gasteiger partial charge is 0.0530 e. The number of piperazine rings is 1. The van der Waals surface area contributed by atoms with Crippen LogP contribution in [0, 0.1) is 13.8 Å². The maximum absolute atomic E-state index is 4.00. The molecule has 1 aromatic carbocycles. The highest BCUT2D eigenvalue weighted by atomic mass is 35.5. The average molecular weight is 303 g/mol. The Morgan fingerprint density at radius 3 is 2.32 bits per heavy atom. The Labute approximate surface area is 129 Å². The number of hydrogen-bond acceptors (Lipinski definition) is 2. The molecular weight excluding hydrogens is 279 g/mol. The van der Waals surface area contributed by atoms with Gasteiger partial charge in [0.15, 0.2) is 0 Å². The van der Waals surface area contributed by atoms with Crippen molar-refractivity contribution in [3.63, 3.8) is 0 Å². The summed E-state index contributed by atoms with van der Waals surface area (Å²) < 4.78 is 0. The molecule has 0 saturated carbocycles. The van der Waals surface area contributed by atoms with Crippen LogP contribution < -0.4 is 5.32 Å². The van der Waals surface area contributed by atoms with Gasteiger partial charge in [-0.3, -0.25) is 4.90 Å². The fraction of sp³-hybridized carbons (Fsp3) is 0.467. The van der Waals surface area contributed by atoms with Gasteiger partial charge in [0.1, 0.15) is 0 Å². The molecule has 1 atom stereocenters. The summed E-state index contributed by atoms with van der Waals surface area (Å²) in [5.74, 6) is 0. The van der Waals surface area contributed by atoms with Crippen molar-refractivity contribution in [2.45, 2.75) is 19.9 Å². The molecule has 0 amide bonds. The first-order chi connectivity index (χ1) is 8.22. The maximum atomic E-state index is 4.00. The van der Waals surface area contributed by atoms with Crippen molar-refractivity contribution < 1.29 is 0 Å². The van der Waals surface area contributed by atoms with Crippen molar-refractivity contribution in [2.24, 2.45) is 0 Å². The van der Waals surface area contributed by atoms with Gasteiger partial charge >= 0.3 is 0 Å². The standard InChI is InChI=1S/C15H22N2.2ClH/c1-4-15(17-9-7-16-8-10-17)14-6-5-12(2)13(3)11-14;;/h4-6,11,15-16H,1,7-10H2,2-3H3;2*1H/t15-;;/m0../s1. The van der Waals surface area contributed by atoms with Gasteiger partial charge in [-0.25, -0.2) is 0 Å². The predicted octanol–water partition coefficient (Wildman–Crippen LogP) is 3.28. The molecule has 0 aliphatic carbocycles. The summed E-state index contributed by atoms with van der Waals surface area (Å²) in [4.78, 5) is 2.49. The number of benzene rings is 1. The van der Waals surface area contributed by atoms with E-state index in [0.717, 1.165) is 26.2 Å². The highest BCUT2D eigenvalue weighted by Crippen LogP contribution is 2.24. The van der Waals surface area contributed by atoms with Crippen LogP contribution in [0.3, 0.4) is 0 Å². The summed E-state index contributed by atoms with van der Waals surface area (Å²) in [6.45, 7) is 12.7. The average Bonchev–Trinajstić information content (AvgIpc) is 2.36. The zero-order chi connectivity index (χ0) is 12.3. The third-order valence-corrected chi connectivity index (χ3v) is 3.64. The SMILES string of the molecule is C=C[C@@H](c1ccc(C)c(C)c1)N1CCNCC1.Cl.Cl. The summed E-state index contributed by atoms with van der Waals surface area (Å²) in [7, 11) is 0. The van der Waals surface area contributed by atoms with Gasteiger partial charge in [0.05, 0.1) is 6.04 Å². The maximum Gasteiger partial charge on any atom is 0.0530 e. The lowest BCUT2D eigenvalue weighted by Crippen LogP contribution is -2.44. The fourth-order valence-electron chi connectivity index (χ4n) is 2.40. The van der Waals surface area contributed by atoms with E-state index in [1.807, 2.05) is 0 Å². The molecule has 2 nitrogen and oxygen atoms in total. The van der Waals surface area contributed by atoms with Crippen LogP contribution in [0.2, 0.25) is 0 Å². The van der Waals surface area contributed by atoms with Gasteiger partial charge in [-0.15, -0.1) is 31.4 Å². The molecule has 1 aliphatic heterocycles. The number of aryl methyl sites for hydroxylation is 2. The van der Waals surface area contributed by atoms with E-state index in [1.165, 1.54) is 16.7 Å². The minimum absolute atomic E-state index is 0. The second-order valence-corrected chi connectivity index (χ2v) is 4.81. The fourth-order valence-corrected chi connectivity index (χ4v) is 2.40. The number of halogens is 2. The zero-order valence-corrected chi connectivity index (χ0v) is 13.3. The highest BCUT2D eigenvalue weighted by Gasteiger charge is 2.19. The van der Waals surface area contributed by atoms with Crippen molar-refractivity contribution in [1.82, 2.24) is 10.2 Å². The quantitative estimate of drug-likeness (QED) is 0.862. The van der Waals surface area contributed by atoms with Gasteiger partial charge in [-0.05, 0) is 30.5 Å². The number of nitrogens with zero attached hydrogens (tertiary/aromatic N) is 1. The number of nitrogens with one attached hydrogen (secondary N) is 1. The highest BCUT2D eigenvalue weighted by molar-refractivity contribution is 5.85. The molecule has 2 rings (SSSR count). The van der Waals surface area contributed by atoms with E-state index in [9.17, 15) is 0 Å². The summed E-state index contributed by atoms with van der Waals surface area (Å²) in [6, 6.07) is 7.10. The normalized spacial score (nSPS) is 16.9. The molecule has 1 aromatic rings. The summed E-state index contributed by atoms with van der Waals surface area (Å²) in [5, 5.41) is 3.39. The van der Waals surface area contributed by atoms with Crippen LogP contribution in [0.5, 0.6) is 0 Å². The first-order valence-corrected chi connectivity index (χ1v) is 6.37. The van der Waals surface area contributed by atoms with Crippen molar-refractivity contribution in [2.75, 3.05) is 26.2 Å². The molecule has 0 unspecified atom stereocenters. The summed E-state index contributed by atoms with van der Waals surface area (Å²) >= 11 is 0. The van der Waals surface area contributed by atoms with Gasteiger partial charge in [0.25, 0.3) is 0 Å². The largest absolute Gasteiger partial charge is 0.314 e. The lowest BCUT2D eigenvalue weighted by Gasteiger charge is -2.33. The Morgan fingerprint density at radius 2 is 1.79 bits per heavy atom. The minimum Gasteiger partial charge on any atom is -0.314 e. The monoisotopic (exact) mass is 302 g/mol. The molecule has 1 fully saturated rings. The minimum atomic E-state index is 0. The Morgan fingerprint density at radius 1 is 1.16 bits per heavy atom. The molecule has 0 spiro atoms. The number of hydrogen-bond donors (Lipinski definition) is 1. The zero-order valence-electron chi connectivity index (χ0n) is 11.7. The molecule has 0 bridgehead atoms. The van der Waals surface area contributed by atoms with Gasteiger partial charge in [0, 0.05) is 26.2 Å². The molecule has 1 aliphatic rings. The van der Waals surface area contributed by atoms with Gasteiger partial charge in [-0.1, -0.05) is 24.3 Å². The Kier molecular flexibility index (Phi) is 8.35. The lowest BCUT2D eigenvalue weighted by molar-refractivity contribution is 0.203. The van der Waals surface area contributed by atoms with Gasteiger partial charge in [0.2, 0.25) is 0 Å². The molecule has 1 heterocycles.